The van der Waals surface area contributed by atoms with Crippen LogP contribution in [0.1, 0.15) is 11.6 Å². The quantitative estimate of drug-likeness (QED) is 0.386. The number of benzene rings is 1. The van der Waals surface area contributed by atoms with E-state index in [0.717, 1.165) is 5.56 Å². The lowest BCUT2D eigenvalue weighted by Crippen LogP contribution is -2.99. The van der Waals surface area contributed by atoms with E-state index in [0.29, 0.717) is 13.1 Å². The predicted octanol–water partition coefficient (Wildman–Crippen LogP) is -3.05. The molecule has 1 aromatic carbocycles. The molecule has 1 aromatic rings. The molecule has 1 aliphatic heterocycles. The first-order valence-electron chi connectivity index (χ1n) is 6.41. The zero-order chi connectivity index (χ0) is 13.0. The number of hydrogen-bond acceptors (Lipinski definition) is 3. The van der Waals surface area contributed by atoms with Gasteiger partial charge in [0.2, 0.25) is 0 Å². The van der Waals surface area contributed by atoms with Crippen LogP contribution in [0.5, 0.6) is 0 Å². The Balaban J connectivity index is 1.88. The highest BCUT2D eigenvalue weighted by atomic mass is 16.3. The maximum absolute atomic E-state index is 9.75. The molecule has 1 saturated heterocycles. The molecule has 0 spiro atoms. The average molecular weight is 254 g/mol. The van der Waals surface area contributed by atoms with Crippen molar-refractivity contribution in [2.45, 2.75) is 24.3 Å². The van der Waals surface area contributed by atoms with Crippen molar-refractivity contribution in [1.82, 2.24) is 0 Å². The Morgan fingerprint density at radius 1 is 1.28 bits per heavy atom. The SMILES string of the molecule is OC[C@H]([NH2+]C[C@H]1[NH2+]C[C@H](O)[C@@H]1O)c1ccccc1. The molecule has 0 bridgehead atoms. The molecule has 0 saturated carbocycles. The molecule has 1 aliphatic rings. The molecule has 1 fully saturated rings. The third-order valence-electron chi connectivity index (χ3n) is 3.63. The van der Waals surface area contributed by atoms with Crippen molar-refractivity contribution in [2.24, 2.45) is 0 Å². The van der Waals surface area contributed by atoms with E-state index < -0.39 is 12.2 Å². The lowest BCUT2D eigenvalue weighted by Gasteiger charge is -2.17. The minimum atomic E-state index is -0.670. The van der Waals surface area contributed by atoms with Gasteiger partial charge < -0.3 is 26.0 Å². The highest BCUT2D eigenvalue weighted by Crippen LogP contribution is 2.07. The number of rotatable bonds is 5. The van der Waals surface area contributed by atoms with Crippen molar-refractivity contribution < 1.29 is 26.0 Å². The summed E-state index contributed by atoms with van der Waals surface area (Å²) in [5.41, 5.74) is 1.08. The molecule has 7 N–H and O–H groups in total. The van der Waals surface area contributed by atoms with Crippen LogP contribution in [0.15, 0.2) is 30.3 Å². The largest absolute Gasteiger partial charge is 0.390 e. The van der Waals surface area contributed by atoms with Crippen molar-refractivity contribution in [1.29, 1.82) is 0 Å². The molecule has 0 aliphatic carbocycles. The molecule has 5 nitrogen and oxygen atoms in total. The normalized spacial score (nSPS) is 29.4. The smallest absolute Gasteiger partial charge is 0.164 e. The fourth-order valence-corrected chi connectivity index (χ4v) is 2.45. The van der Waals surface area contributed by atoms with Crippen LogP contribution < -0.4 is 10.6 Å². The van der Waals surface area contributed by atoms with Gasteiger partial charge in [-0.3, -0.25) is 0 Å². The number of hydrogen-bond donors (Lipinski definition) is 5. The number of aliphatic hydroxyl groups is 3. The zero-order valence-corrected chi connectivity index (χ0v) is 10.3. The molecule has 0 aromatic heterocycles. The number of nitrogens with two attached hydrogens (primary N) is 2. The summed E-state index contributed by atoms with van der Waals surface area (Å²) < 4.78 is 0. The third kappa shape index (κ3) is 3.07. The standard InChI is InChI=1S/C13H20N2O3/c16-8-11(9-4-2-1-3-5-9)14-6-10-13(18)12(17)7-15-10/h1-5,10-18H,6-8H2/p+2/t10-,11+,12+,13-/m1/s1. The Labute approximate surface area is 106 Å². The predicted molar refractivity (Wildman–Crippen MR) is 65.7 cm³/mol. The molecule has 5 heteroatoms. The van der Waals surface area contributed by atoms with Crippen LogP contribution in [0.3, 0.4) is 0 Å². The molecule has 18 heavy (non-hydrogen) atoms. The van der Waals surface area contributed by atoms with Gasteiger partial charge in [0.25, 0.3) is 0 Å². The van der Waals surface area contributed by atoms with Crippen LogP contribution in [0.2, 0.25) is 0 Å². The van der Waals surface area contributed by atoms with E-state index in [1.165, 1.54) is 0 Å². The van der Waals surface area contributed by atoms with Crippen molar-refractivity contribution in [3.63, 3.8) is 0 Å². The van der Waals surface area contributed by atoms with Gasteiger partial charge in [0.1, 0.15) is 31.3 Å². The summed E-state index contributed by atoms with van der Waals surface area (Å²) >= 11 is 0. The van der Waals surface area contributed by atoms with Crippen LogP contribution in [-0.4, -0.2) is 53.3 Å². The summed E-state index contributed by atoms with van der Waals surface area (Å²) in [5, 5.41) is 32.6. The molecular formula is C13H22N2O3+2. The van der Waals surface area contributed by atoms with E-state index in [1.54, 1.807) is 0 Å². The van der Waals surface area contributed by atoms with Crippen molar-refractivity contribution in [2.75, 3.05) is 19.7 Å². The topological polar surface area (TPSA) is 93.9 Å². The van der Waals surface area contributed by atoms with Crippen LogP contribution >= 0.6 is 0 Å². The van der Waals surface area contributed by atoms with E-state index in [2.05, 4.69) is 0 Å². The van der Waals surface area contributed by atoms with Crippen molar-refractivity contribution in [3.8, 4) is 0 Å². The lowest BCUT2D eigenvalue weighted by molar-refractivity contribution is -0.760. The summed E-state index contributed by atoms with van der Waals surface area (Å²) in [7, 11) is 0. The maximum Gasteiger partial charge on any atom is 0.164 e. The lowest BCUT2D eigenvalue weighted by atomic mass is 10.1. The Bertz CT molecular complexity index is 361. The molecule has 0 amide bonds. The Hall–Kier alpha value is -0.980. The molecular weight excluding hydrogens is 232 g/mol. The fourth-order valence-electron chi connectivity index (χ4n) is 2.45. The van der Waals surface area contributed by atoms with Gasteiger partial charge in [-0.05, 0) is 0 Å². The molecule has 0 unspecified atom stereocenters. The second kappa shape index (κ2) is 6.26. The van der Waals surface area contributed by atoms with Gasteiger partial charge in [-0.25, -0.2) is 0 Å². The molecule has 0 radical (unpaired) electrons. The second-order valence-corrected chi connectivity index (χ2v) is 4.86. The van der Waals surface area contributed by atoms with Gasteiger partial charge in [-0.2, -0.15) is 0 Å². The van der Waals surface area contributed by atoms with E-state index in [-0.39, 0.29) is 18.7 Å². The second-order valence-electron chi connectivity index (χ2n) is 4.86. The minimum Gasteiger partial charge on any atom is -0.390 e. The van der Waals surface area contributed by atoms with Crippen LogP contribution in [-0.2, 0) is 0 Å². The first kappa shape index (κ1) is 13.5. The average Bonchev–Trinajstić information content (AvgIpc) is 2.72. The van der Waals surface area contributed by atoms with E-state index in [1.807, 2.05) is 41.0 Å². The molecule has 100 valence electrons. The van der Waals surface area contributed by atoms with Crippen LogP contribution in [0, 0.1) is 0 Å². The van der Waals surface area contributed by atoms with Gasteiger partial charge in [0.15, 0.2) is 6.04 Å². The monoisotopic (exact) mass is 254 g/mol. The summed E-state index contributed by atoms with van der Waals surface area (Å²) in [6.07, 6.45) is -1.30. The Kier molecular flexibility index (Phi) is 4.68. The summed E-state index contributed by atoms with van der Waals surface area (Å²) in [6, 6.07) is 9.81. The van der Waals surface area contributed by atoms with E-state index in [9.17, 15) is 15.3 Å². The number of aliphatic hydroxyl groups excluding tert-OH is 3. The van der Waals surface area contributed by atoms with Gasteiger partial charge in [-0.1, -0.05) is 30.3 Å². The van der Waals surface area contributed by atoms with E-state index in [4.69, 9.17) is 0 Å². The van der Waals surface area contributed by atoms with Gasteiger partial charge in [-0.15, -0.1) is 0 Å². The van der Waals surface area contributed by atoms with Gasteiger partial charge >= 0.3 is 0 Å². The zero-order valence-electron chi connectivity index (χ0n) is 10.3. The summed E-state index contributed by atoms with van der Waals surface area (Å²) in [4.78, 5) is 0. The van der Waals surface area contributed by atoms with Gasteiger partial charge in [0.05, 0.1) is 6.61 Å². The molecule has 2 rings (SSSR count). The number of quaternary nitrogens is 2. The van der Waals surface area contributed by atoms with E-state index >= 15 is 0 Å². The highest BCUT2D eigenvalue weighted by Gasteiger charge is 2.38. The van der Waals surface area contributed by atoms with Gasteiger partial charge in [0, 0.05) is 5.56 Å². The summed E-state index contributed by atoms with van der Waals surface area (Å²) in [5.74, 6) is 0. The van der Waals surface area contributed by atoms with Crippen molar-refractivity contribution in [3.05, 3.63) is 35.9 Å². The highest BCUT2D eigenvalue weighted by molar-refractivity contribution is 5.16. The first-order valence-corrected chi connectivity index (χ1v) is 6.41. The Morgan fingerprint density at radius 2 is 2.00 bits per heavy atom. The van der Waals surface area contributed by atoms with Crippen molar-refractivity contribution >= 4 is 0 Å². The third-order valence-corrected chi connectivity index (χ3v) is 3.63. The minimum absolute atomic E-state index is 0.00207. The fraction of sp³-hybridized carbons (Fsp3) is 0.538. The Morgan fingerprint density at radius 3 is 2.56 bits per heavy atom. The molecule has 1 heterocycles. The maximum atomic E-state index is 9.75. The molecule has 4 atom stereocenters. The van der Waals surface area contributed by atoms with Crippen LogP contribution in [0.25, 0.3) is 0 Å². The summed E-state index contributed by atoms with van der Waals surface area (Å²) in [6.45, 7) is 1.29. The first-order chi connectivity index (χ1) is 8.72. The van der Waals surface area contributed by atoms with Crippen LogP contribution in [0.4, 0.5) is 0 Å².